The van der Waals surface area contributed by atoms with Crippen LogP contribution in [0.25, 0.3) is 0 Å². The van der Waals surface area contributed by atoms with E-state index in [1.54, 1.807) is 0 Å². The fourth-order valence-corrected chi connectivity index (χ4v) is 2.91. The van der Waals surface area contributed by atoms with Crippen molar-refractivity contribution in [3.05, 3.63) is 23.9 Å². The number of nitrogens with two attached hydrogens (primary N) is 1. The topological polar surface area (TPSA) is 60.2 Å². The Morgan fingerprint density at radius 3 is 3.24 bits per heavy atom. The van der Waals surface area contributed by atoms with Gasteiger partial charge in [0.2, 0.25) is 0 Å². The molecular weight excluding hydrogens is 214 g/mol. The van der Waals surface area contributed by atoms with Crippen LogP contribution in [0, 0.1) is 12.8 Å². The summed E-state index contributed by atoms with van der Waals surface area (Å²) >= 11 is 0. The van der Waals surface area contributed by atoms with Crippen molar-refractivity contribution in [2.24, 2.45) is 11.7 Å². The fraction of sp³-hybridized carbons (Fsp3) is 0.615. The number of pyridine rings is 1. The first-order valence-electron chi connectivity index (χ1n) is 6.32. The molecular formula is C13H19N3O. The molecule has 0 bridgehead atoms. The highest BCUT2D eigenvalue weighted by Crippen LogP contribution is 2.38. The molecule has 4 atom stereocenters. The highest BCUT2D eigenvalue weighted by molar-refractivity contribution is 5.40. The van der Waals surface area contributed by atoms with Crippen molar-refractivity contribution in [3.8, 4) is 0 Å². The molecule has 1 saturated heterocycles. The largest absolute Gasteiger partial charge is 0.376 e. The third kappa shape index (κ3) is 1.91. The van der Waals surface area contributed by atoms with Crippen molar-refractivity contribution in [2.45, 2.75) is 38.0 Å². The van der Waals surface area contributed by atoms with Gasteiger partial charge in [-0.1, -0.05) is 0 Å². The van der Waals surface area contributed by atoms with Gasteiger partial charge in [-0.25, -0.2) is 4.98 Å². The zero-order chi connectivity index (χ0) is 11.8. The Labute approximate surface area is 102 Å². The van der Waals surface area contributed by atoms with Crippen LogP contribution in [0.15, 0.2) is 18.3 Å². The Bertz CT molecular complexity index is 409. The molecule has 0 radical (unpaired) electrons. The third-order valence-electron chi connectivity index (χ3n) is 3.91. The maximum Gasteiger partial charge on any atom is 0.126 e. The summed E-state index contributed by atoms with van der Waals surface area (Å²) in [5.74, 6) is 1.43. The van der Waals surface area contributed by atoms with Crippen LogP contribution in [0.4, 0.5) is 5.82 Å². The number of rotatable bonds is 2. The lowest BCUT2D eigenvalue weighted by Crippen LogP contribution is -2.69. The van der Waals surface area contributed by atoms with Gasteiger partial charge in [0.25, 0.3) is 0 Å². The van der Waals surface area contributed by atoms with E-state index in [0.717, 1.165) is 18.8 Å². The molecule has 1 aromatic heterocycles. The van der Waals surface area contributed by atoms with E-state index in [9.17, 15) is 0 Å². The molecule has 1 saturated carbocycles. The monoisotopic (exact) mass is 233 g/mol. The van der Waals surface area contributed by atoms with Crippen LogP contribution in [0.3, 0.4) is 0 Å². The van der Waals surface area contributed by atoms with Gasteiger partial charge in [0.05, 0.1) is 12.1 Å². The Hall–Kier alpha value is -1.13. The molecule has 0 aromatic carbocycles. The second kappa shape index (κ2) is 4.27. The van der Waals surface area contributed by atoms with E-state index in [-0.39, 0.29) is 18.2 Å². The third-order valence-corrected chi connectivity index (χ3v) is 3.91. The van der Waals surface area contributed by atoms with Gasteiger partial charge in [0.1, 0.15) is 5.82 Å². The number of nitrogens with one attached hydrogen (secondary N) is 1. The average molecular weight is 233 g/mol. The van der Waals surface area contributed by atoms with Crippen LogP contribution >= 0.6 is 0 Å². The lowest BCUT2D eigenvalue weighted by molar-refractivity contribution is -0.104. The number of aromatic nitrogens is 1. The zero-order valence-corrected chi connectivity index (χ0v) is 10.1. The Kier molecular flexibility index (Phi) is 2.76. The minimum absolute atomic E-state index is 0.197. The summed E-state index contributed by atoms with van der Waals surface area (Å²) in [4.78, 5) is 4.31. The summed E-state index contributed by atoms with van der Waals surface area (Å²) in [6.07, 6.45) is 4.44. The van der Waals surface area contributed by atoms with E-state index < -0.39 is 0 Å². The van der Waals surface area contributed by atoms with E-state index in [1.165, 1.54) is 12.0 Å². The van der Waals surface area contributed by atoms with Crippen molar-refractivity contribution in [3.63, 3.8) is 0 Å². The summed E-state index contributed by atoms with van der Waals surface area (Å²) in [6.45, 7) is 2.93. The van der Waals surface area contributed by atoms with Gasteiger partial charge in [0, 0.05) is 24.8 Å². The predicted molar refractivity (Wildman–Crippen MR) is 66.8 cm³/mol. The highest BCUT2D eigenvalue weighted by atomic mass is 16.5. The SMILES string of the molecule is Cc1ccnc(NC2C(N)C3CCCOC32)c1. The molecule has 3 N–H and O–H groups in total. The lowest BCUT2D eigenvalue weighted by atomic mass is 9.68. The number of ether oxygens (including phenoxy) is 1. The molecule has 1 aliphatic carbocycles. The second-order valence-corrected chi connectivity index (χ2v) is 5.11. The normalized spacial score (nSPS) is 35.9. The highest BCUT2D eigenvalue weighted by Gasteiger charge is 2.50. The summed E-state index contributed by atoms with van der Waals surface area (Å²) in [6, 6.07) is 4.45. The van der Waals surface area contributed by atoms with Crippen LogP contribution in [-0.2, 0) is 4.74 Å². The first-order valence-corrected chi connectivity index (χ1v) is 6.32. The molecule has 4 unspecified atom stereocenters. The number of hydrogen-bond acceptors (Lipinski definition) is 4. The quantitative estimate of drug-likeness (QED) is 0.808. The smallest absolute Gasteiger partial charge is 0.126 e. The average Bonchev–Trinajstić information content (AvgIpc) is 2.36. The zero-order valence-electron chi connectivity index (χ0n) is 10.1. The molecule has 2 heterocycles. The summed E-state index contributed by atoms with van der Waals surface area (Å²) in [5, 5.41) is 3.41. The molecule has 4 nitrogen and oxygen atoms in total. The van der Waals surface area contributed by atoms with Crippen molar-refractivity contribution in [2.75, 3.05) is 11.9 Å². The molecule has 4 heteroatoms. The van der Waals surface area contributed by atoms with Crippen LogP contribution in [0.1, 0.15) is 18.4 Å². The van der Waals surface area contributed by atoms with E-state index in [1.807, 2.05) is 18.3 Å². The minimum atomic E-state index is 0.197. The fourth-order valence-electron chi connectivity index (χ4n) is 2.91. The summed E-state index contributed by atoms with van der Waals surface area (Å²) in [7, 11) is 0. The van der Waals surface area contributed by atoms with E-state index in [2.05, 4.69) is 17.2 Å². The van der Waals surface area contributed by atoms with Crippen molar-refractivity contribution in [1.82, 2.24) is 4.98 Å². The second-order valence-electron chi connectivity index (χ2n) is 5.11. The van der Waals surface area contributed by atoms with Gasteiger partial charge in [-0.3, -0.25) is 0 Å². The molecule has 0 amide bonds. The van der Waals surface area contributed by atoms with Crippen LogP contribution in [0.2, 0.25) is 0 Å². The molecule has 1 aliphatic heterocycles. The predicted octanol–water partition coefficient (Wildman–Crippen LogP) is 1.31. The van der Waals surface area contributed by atoms with Crippen molar-refractivity contribution in [1.29, 1.82) is 0 Å². The molecule has 3 rings (SSSR count). The van der Waals surface area contributed by atoms with Gasteiger partial charge in [0.15, 0.2) is 0 Å². The molecule has 2 aliphatic rings. The number of anilines is 1. The first-order chi connectivity index (χ1) is 8.25. The lowest BCUT2D eigenvalue weighted by Gasteiger charge is -2.52. The first kappa shape index (κ1) is 11.0. The Morgan fingerprint density at radius 1 is 1.53 bits per heavy atom. The number of hydrogen-bond donors (Lipinski definition) is 2. The molecule has 17 heavy (non-hydrogen) atoms. The van der Waals surface area contributed by atoms with E-state index >= 15 is 0 Å². The van der Waals surface area contributed by atoms with Crippen molar-refractivity contribution < 1.29 is 4.74 Å². The molecule has 2 fully saturated rings. The maximum atomic E-state index is 6.19. The van der Waals surface area contributed by atoms with Crippen LogP contribution in [-0.4, -0.2) is 29.8 Å². The van der Waals surface area contributed by atoms with Gasteiger partial charge in [-0.2, -0.15) is 0 Å². The minimum Gasteiger partial charge on any atom is -0.376 e. The van der Waals surface area contributed by atoms with E-state index in [0.29, 0.717) is 5.92 Å². The molecule has 0 spiro atoms. The maximum absolute atomic E-state index is 6.19. The summed E-state index contributed by atoms with van der Waals surface area (Å²) < 4.78 is 5.79. The molecule has 1 aromatic rings. The van der Waals surface area contributed by atoms with Gasteiger partial charge in [-0.15, -0.1) is 0 Å². The molecule has 92 valence electrons. The Balaban J connectivity index is 1.69. The van der Waals surface area contributed by atoms with Gasteiger partial charge in [-0.05, 0) is 37.5 Å². The van der Waals surface area contributed by atoms with Crippen LogP contribution in [0.5, 0.6) is 0 Å². The van der Waals surface area contributed by atoms with Gasteiger partial charge >= 0.3 is 0 Å². The summed E-state index contributed by atoms with van der Waals surface area (Å²) in [5.41, 5.74) is 7.40. The van der Waals surface area contributed by atoms with Gasteiger partial charge < -0.3 is 15.8 Å². The number of nitrogens with zero attached hydrogens (tertiary/aromatic N) is 1. The number of fused-ring (bicyclic) bond motifs is 1. The van der Waals surface area contributed by atoms with Crippen LogP contribution < -0.4 is 11.1 Å². The standard InChI is InChI=1S/C13H19N3O/c1-8-4-5-15-10(7-8)16-12-11(14)9-3-2-6-17-13(9)12/h4-5,7,9,11-13H,2-3,6,14H2,1H3,(H,15,16). The van der Waals surface area contributed by atoms with E-state index in [4.69, 9.17) is 10.5 Å². The Morgan fingerprint density at radius 2 is 2.41 bits per heavy atom. The van der Waals surface area contributed by atoms with Crippen molar-refractivity contribution >= 4 is 5.82 Å². The number of aryl methyl sites for hydroxylation is 1.